The first-order valence-corrected chi connectivity index (χ1v) is 6.40. The highest BCUT2D eigenvalue weighted by Gasteiger charge is 2.05. The van der Waals surface area contributed by atoms with Gasteiger partial charge in [0.15, 0.2) is 0 Å². The van der Waals surface area contributed by atoms with Crippen molar-refractivity contribution in [1.82, 2.24) is 5.32 Å². The van der Waals surface area contributed by atoms with Crippen molar-refractivity contribution in [2.75, 3.05) is 37.4 Å². The molecule has 20 heavy (non-hydrogen) atoms. The van der Waals surface area contributed by atoms with Gasteiger partial charge in [-0.25, -0.2) is 0 Å². The van der Waals surface area contributed by atoms with Gasteiger partial charge in [0, 0.05) is 32.0 Å². The summed E-state index contributed by atoms with van der Waals surface area (Å²) in [6, 6.07) is 5.39. The van der Waals surface area contributed by atoms with Crippen LogP contribution in [0.1, 0.15) is 12.5 Å². The summed E-state index contributed by atoms with van der Waals surface area (Å²) >= 11 is 0. The maximum Gasteiger partial charge on any atom is 0.238 e. The first-order valence-electron chi connectivity index (χ1n) is 6.40. The van der Waals surface area contributed by atoms with E-state index in [0.29, 0.717) is 24.5 Å². The fourth-order valence-corrected chi connectivity index (χ4v) is 1.61. The summed E-state index contributed by atoms with van der Waals surface area (Å²) in [4.78, 5) is 22.8. The van der Waals surface area contributed by atoms with Gasteiger partial charge in [0.25, 0.3) is 0 Å². The number of carbonyl (C=O) groups is 2. The zero-order valence-electron chi connectivity index (χ0n) is 12.1. The molecule has 0 unspecified atom stereocenters. The van der Waals surface area contributed by atoms with Crippen LogP contribution in [0, 0.1) is 6.92 Å². The summed E-state index contributed by atoms with van der Waals surface area (Å²) in [5.74, 6) is -0.281. The molecule has 6 nitrogen and oxygen atoms in total. The zero-order chi connectivity index (χ0) is 15.0. The molecule has 0 heterocycles. The van der Waals surface area contributed by atoms with Gasteiger partial charge in [-0.2, -0.15) is 0 Å². The van der Waals surface area contributed by atoms with Crippen LogP contribution in [0.3, 0.4) is 0 Å². The molecule has 0 saturated carbocycles. The highest BCUT2D eigenvalue weighted by Crippen LogP contribution is 2.20. The van der Waals surface area contributed by atoms with Gasteiger partial charge in [-0.15, -0.1) is 0 Å². The lowest BCUT2D eigenvalue weighted by Crippen LogP contribution is -2.30. The molecular weight excluding hydrogens is 258 g/mol. The monoisotopic (exact) mass is 279 g/mol. The second kappa shape index (κ2) is 8.29. The second-order valence-corrected chi connectivity index (χ2v) is 4.43. The lowest BCUT2D eigenvalue weighted by molar-refractivity contribution is -0.115. The number of methoxy groups -OCH3 is 1. The van der Waals surface area contributed by atoms with Crippen LogP contribution in [0.5, 0.6) is 0 Å². The van der Waals surface area contributed by atoms with E-state index in [1.807, 2.05) is 13.0 Å². The van der Waals surface area contributed by atoms with E-state index in [9.17, 15) is 9.59 Å². The summed E-state index contributed by atoms with van der Waals surface area (Å²) in [5.41, 5.74) is 2.29. The highest BCUT2D eigenvalue weighted by molar-refractivity contribution is 5.94. The van der Waals surface area contributed by atoms with Crippen molar-refractivity contribution in [2.24, 2.45) is 0 Å². The standard InChI is InChI=1S/C14H21N3O3/c1-10-4-5-12(8-13(10)16-11(2)18)17-14(19)9-15-6-7-20-3/h4-5,8,15H,6-7,9H2,1-3H3,(H,16,18)(H,17,19). The fraction of sp³-hybridized carbons (Fsp3) is 0.429. The number of amides is 2. The van der Waals surface area contributed by atoms with Crippen LogP contribution in [-0.2, 0) is 14.3 Å². The summed E-state index contributed by atoms with van der Waals surface area (Å²) in [5, 5.41) is 8.45. The molecule has 0 spiro atoms. The fourth-order valence-electron chi connectivity index (χ4n) is 1.61. The van der Waals surface area contributed by atoms with Gasteiger partial charge in [-0.05, 0) is 24.6 Å². The van der Waals surface area contributed by atoms with Crippen molar-refractivity contribution in [3.63, 3.8) is 0 Å². The van der Waals surface area contributed by atoms with E-state index in [1.165, 1.54) is 6.92 Å². The number of hydrogen-bond acceptors (Lipinski definition) is 4. The Morgan fingerprint density at radius 2 is 2.00 bits per heavy atom. The summed E-state index contributed by atoms with van der Waals surface area (Å²) in [6.07, 6.45) is 0. The number of rotatable bonds is 7. The lowest BCUT2D eigenvalue weighted by Gasteiger charge is -2.11. The Bertz CT molecular complexity index is 475. The van der Waals surface area contributed by atoms with Crippen LogP contribution in [0.4, 0.5) is 11.4 Å². The Kier molecular flexibility index (Phi) is 6.69. The molecule has 0 saturated heterocycles. The summed E-state index contributed by atoms with van der Waals surface area (Å²) in [7, 11) is 1.61. The van der Waals surface area contributed by atoms with Crippen molar-refractivity contribution in [3.8, 4) is 0 Å². The largest absolute Gasteiger partial charge is 0.383 e. The zero-order valence-corrected chi connectivity index (χ0v) is 12.1. The molecule has 1 rings (SSSR count). The van der Waals surface area contributed by atoms with Crippen LogP contribution in [0.15, 0.2) is 18.2 Å². The highest BCUT2D eigenvalue weighted by atomic mass is 16.5. The molecule has 0 bridgehead atoms. The van der Waals surface area contributed by atoms with Crippen LogP contribution in [0.25, 0.3) is 0 Å². The number of ether oxygens (including phenoxy) is 1. The molecule has 2 amide bonds. The van der Waals surface area contributed by atoms with E-state index in [2.05, 4.69) is 16.0 Å². The third-order valence-electron chi connectivity index (χ3n) is 2.60. The van der Waals surface area contributed by atoms with Gasteiger partial charge in [0.1, 0.15) is 0 Å². The van der Waals surface area contributed by atoms with E-state index in [1.54, 1.807) is 19.2 Å². The van der Waals surface area contributed by atoms with Crippen molar-refractivity contribution >= 4 is 23.2 Å². The van der Waals surface area contributed by atoms with E-state index < -0.39 is 0 Å². The van der Waals surface area contributed by atoms with E-state index >= 15 is 0 Å². The SMILES string of the molecule is COCCNCC(=O)Nc1ccc(C)c(NC(C)=O)c1. The first kappa shape index (κ1) is 16.1. The van der Waals surface area contributed by atoms with Crippen molar-refractivity contribution in [2.45, 2.75) is 13.8 Å². The lowest BCUT2D eigenvalue weighted by atomic mass is 10.1. The van der Waals surface area contributed by atoms with Crippen molar-refractivity contribution in [3.05, 3.63) is 23.8 Å². The molecule has 0 aliphatic carbocycles. The molecule has 0 aliphatic heterocycles. The molecule has 1 aromatic carbocycles. The van der Waals surface area contributed by atoms with E-state index in [-0.39, 0.29) is 18.4 Å². The number of carbonyl (C=O) groups excluding carboxylic acids is 2. The predicted molar refractivity (Wildman–Crippen MR) is 78.9 cm³/mol. The Balaban J connectivity index is 2.54. The molecule has 0 fully saturated rings. The third-order valence-corrected chi connectivity index (χ3v) is 2.60. The molecule has 0 atom stereocenters. The Morgan fingerprint density at radius 1 is 1.25 bits per heavy atom. The van der Waals surface area contributed by atoms with Gasteiger partial charge >= 0.3 is 0 Å². The normalized spacial score (nSPS) is 10.2. The number of benzene rings is 1. The summed E-state index contributed by atoms with van der Waals surface area (Å²) < 4.78 is 4.87. The van der Waals surface area contributed by atoms with Crippen LogP contribution < -0.4 is 16.0 Å². The smallest absolute Gasteiger partial charge is 0.238 e. The maximum absolute atomic E-state index is 11.7. The second-order valence-electron chi connectivity index (χ2n) is 4.43. The first-order chi connectivity index (χ1) is 9.52. The topological polar surface area (TPSA) is 79.5 Å². The minimum atomic E-state index is -0.141. The number of anilines is 2. The Labute approximate surface area is 118 Å². The Morgan fingerprint density at radius 3 is 2.65 bits per heavy atom. The van der Waals surface area contributed by atoms with Crippen molar-refractivity contribution < 1.29 is 14.3 Å². The molecule has 0 aromatic heterocycles. The molecule has 110 valence electrons. The molecule has 0 radical (unpaired) electrons. The van der Waals surface area contributed by atoms with E-state index in [0.717, 1.165) is 5.56 Å². The molecule has 0 aliphatic rings. The average molecular weight is 279 g/mol. The molecule has 3 N–H and O–H groups in total. The van der Waals surface area contributed by atoms with Crippen LogP contribution >= 0.6 is 0 Å². The van der Waals surface area contributed by atoms with Gasteiger partial charge in [0.2, 0.25) is 11.8 Å². The minimum absolute atomic E-state index is 0.140. The average Bonchev–Trinajstić information content (AvgIpc) is 2.38. The van der Waals surface area contributed by atoms with Gasteiger partial charge in [-0.3, -0.25) is 9.59 Å². The Hall–Kier alpha value is -1.92. The predicted octanol–water partition coefficient (Wildman–Crippen LogP) is 1.13. The van der Waals surface area contributed by atoms with Gasteiger partial charge < -0.3 is 20.7 Å². The van der Waals surface area contributed by atoms with E-state index in [4.69, 9.17) is 4.74 Å². The number of nitrogens with one attached hydrogen (secondary N) is 3. The maximum atomic E-state index is 11.7. The third kappa shape index (κ3) is 5.81. The number of hydrogen-bond donors (Lipinski definition) is 3. The van der Waals surface area contributed by atoms with Crippen LogP contribution in [0.2, 0.25) is 0 Å². The van der Waals surface area contributed by atoms with Crippen molar-refractivity contribution in [1.29, 1.82) is 0 Å². The molecule has 1 aromatic rings. The van der Waals surface area contributed by atoms with Gasteiger partial charge in [-0.1, -0.05) is 6.07 Å². The minimum Gasteiger partial charge on any atom is -0.383 e. The quantitative estimate of drug-likeness (QED) is 0.654. The van der Waals surface area contributed by atoms with Crippen LogP contribution in [-0.4, -0.2) is 38.6 Å². The molecule has 6 heteroatoms. The van der Waals surface area contributed by atoms with Gasteiger partial charge in [0.05, 0.1) is 13.2 Å². The molecular formula is C14H21N3O3. The summed E-state index contributed by atoms with van der Waals surface area (Å²) in [6.45, 7) is 4.74. The number of aryl methyl sites for hydroxylation is 1.